The van der Waals surface area contributed by atoms with Crippen LogP contribution in [0.4, 0.5) is 0 Å². The molecule has 5 nitrogen and oxygen atoms in total. The van der Waals surface area contributed by atoms with E-state index in [9.17, 15) is 0 Å². The zero-order chi connectivity index (χ0) is 20.1. The Bertz CT molecular complexity index is 2010. The van der Waals surface area contributed by atoms with Gasteiger partial charge < -0.3 is 8.83 Å². The second-order valence-electron chi connectivity index (χ2n) is 7.90. The van der Waals surface area contributed by atoms with E-state index in [0.29, 0.717) is 0 Å². The quantitative estimate of drug-likeness (QED) is 0.262. The van der Waals surface area contributed by atoms with Gasteiger partial charge >= 0.3 is 0 Å². The number of para-hydroxylation sites is 1. The second kappa shape index (κ2) is 5.21. The van der Waals surface area contributed by atoms with Gasteiger partial charge in [-0.1, -0.05) is 24.3 Å². The molecule has 3 aromatic carbocycles. The fourth-order valence-electron chi connectivity index (χ4n) is 5.00. The monoisotopic (exact) mass is 399 g/mol. The van der Waals surface area contributed by atoms with Crippen LogP contribution in [-0.4, -0.2) is 14.4 Å². The molecule has 5 heterocycles. The number of benzene rings is 3. The molecule has 5 heteroatoms. The number of furan rings is 2. The number of fused-ring (bicyclic) bond motifs is 13. The summed E-state index contributed by atoms with van der Waals surface area (Å²) in [7, 11) is 0. The number of imidazole rings is 1. The van der Waals surface area contributed by atoms with Gasteiger partial charge in [0.1, 0.15) is 27.8 Å². The maximum atomic E-state index is 6.33. The minimum Gasteiger partial charge on any atom is -0.456 e. The van der Waals surface area contributed by atoms with E-state index < -0.39 is 0 Å². The van der Waals surface area contributed by atoms with Crippen LogP contribution < -0.4 is 0 Å². The number of hydrogen-bond donors (Lipinski definition) is 0. The SMILES string of the molecule is c1ccc2c(c1)oc1cc3c(cc12)oc1ccc2c4cccnc4c4nccn4c2c13. The largest absolute Gasteiger partial charge is 0.456 e. The van der Waals surface area contributed by atoms with Crippen molar-refractivity contribution in [2.45, 2.75) is 0 Å². The Labute approximate surface area is 174 Å². The number of aromatic nitrogens is 3. The lowest BCUT2D eigenvalue weighted by Gasteiger charge is -2.08. The highest BCUT2D eigenvalue weighted by molar-refractivity contribution is 6.25. The Balaban J connectivity index is 1.66. The molecule has 0 amide bonds. The van der Waals surface area contributed by atoms with Crippen LogP contribution >= 0.6 is 0 Å². The van der Waals surface area contributed by atoms with Crippen molar-refractivity contribution in [2.75, 3.05) is 0 Å². The zero-order valence-electron chi connectivity index (χ0n) is 16.2. The maximum absolute atomic E-state index is 6.33. The molecule has 0 radical (unpaired) electrons. The molecule has 0 saturated carbocycles. The van der Waals surface area contributed by atoms with Crippen molar-refractivity contribution in [3.63, 3.8) is 0 Å². The molecule has 0 N–H and O–H groups in total. The van der Waals surface area contributed by atoms with Crippen molar-refractivity contribution in [3.8, 4) is 0 Å². The van der Waals surface area contributed by atoms with E-state index in [4.69, 9.17) is 8.83 Å². The smallest absolute Gasteiger partial charge is 0.163 e. The average molecular weight is 399 g/mol. The summed E-state index contributed by atoms with van der Waals surface area (Å²) in [5.41, 5.74) is 6.24. The van der Waals surface area contributed by atoms with Gasteiger partial charge in [-0.3, -0.25) is 9.38 Å². The third-order valence-electron chi connectivity index (χ3n) is 6.30. The minimum absolute atomic E-state index is 0.842. The summed E-state index contributed by atoms with van der Waals surface area (Å²) in [5.74, 6) is 0. The lowest BCUT2D eigenvalue weighted by Crippen LogP contribution is -1.92. The first-order valence-electron chi connectivity index (χ1n) is 10.2. The van der Waals surface area contributed by atoms with Crippen molar-refractivity contribution in [2.24, 2.45) is 0 Å². The topological polar surface area (TPSA) is 56.5 Å². The molecule has 144 valence electrons. The van der Waals surface area contributed by atoms with Gasteiger partial charge in [0, 0.05) is 45.5 Å². The van der Waals surface area contributed by atoms with Crippen LogP contribution in [0.2, 0.25) is 0 Å². The lowest BCUT2D eigenvalue weighted by atomic mass is 10.0. The third-order valence-corrected chi connectivity index (χ3v) is 6.30. The Hall–Kier alpha value is -4.38. The van der Waals surface area contributed by atoms with Crippen molar-refractivity contribution in [3.05, 3.63) is 79.3 Å². The normalized spacial score (nSPS) is 12.5. The van der Waals surface area contributed by atoms with Crippen LogP contribution in [0, 0.1) is 0 Å². The molecule has 5 aromatic heterocycles. The number of hydrogen-bond acceptors (Lipinski definition) is 4. The second-order valence-corrected chi connectivity index (χ2v) is 7.90. The van der Waals surface area contributed by atoms with Crippen molar-refractivity contribution < 1.29 is 8.83 Å². The lowest BCUT2D eigenvalue weighted by molar-refractivity contribution is 0.664. The molecule has 0 unspecified atom stereocenters. The highest BCUT2D eigenvalue weighted by atomic mass is 16.3. The minimum atomic E-state index is 0.842. The van der Waals surface area contributed by atoms with E-state index in [1.54, 1.807) is 0 Å². The Morgan fingerprint density at radius 3 is 2.45 bits per heavy atom. The average Bonchev–Trinajstić information content (AvgIpc) is 3.52. The van der Waals surface area contributed by atoms with Gasteiger partial charge in [-0.25, -0.2) is 4.98 Å². The molecule has 0 fully saturated rings. The highest BCUT2D eigenvalue weighted by Gasteiger charge is 2.18. The molecule has 0 spiro atoms. The first-order valence-corrected chi connectivity index (χ1v) is 10.2. The van der Waals surface area contributed by atoms with Crippen molar-refractivity contribution >= 4 is 71.3 Å². The van der Waals surface area contributed by atoms with Gasteiger partial charge in [0.2, 0.25) is 0 Å². The van der Waals surface area contributed by atoms with Gasteiger partial charge in [0.05, 0.1) is 10.9 Å². The van der Waals surface area contributed by atoms with Crippen LogP contribution in [0.1, 0.15) is 0 Å². The summed E-state index contributed by atoms with van der Waals surface area (Å²) >= 11 is 0. The standard InChI is InChI=1S/C26H13N3O2/c1-2-6-19-14(4-1)17-12-22-18(13-21(17)30-19)23-20(31-22)8-7-16-15-5-3-9-27-24(15)26-28-10-11-29(26)25(16)23/h1-13H. The summed E-state index contributed by atoms with van der Waals surface area (Å²) in [6, 6.07) is 20.5. The van der Waals surface area contributed by atoms with Gasteiger partial charge in [-0.15, -0.1) is 0 Å². The number of pyridine rings is 2. The fraction of sp³-hybridized carbons (Fsp3) is 0. The fourth-order valence-corrected chi connectivity index (χ4v) is 5.00. The summed E-state index contributed by atoms with van der Waals surface area (Å²) in [5, 5.41) is 6.45. The first-order chi connectivity index (χ1) is 15.4. The van der Waals surface area contributed by atoms with Gasteiger partial charge in [-0.05, 0) is 36.4 Å². The number of nitrogens with zero attached hydrogens (tertiary/aromatic N) is 3. The number of rotatable bonds is 0. The predicted molar refractivity (Wildman–Crippen MR) is 123 cm³/mol. The first kappa shape index (κ1) is 15.5. The maximum Gasteiger partial charge on any atom is 0.163 e. The summed E-state index contributed by atoms with van der Waals surface area (Å²) in [4.78, 5) is 9.20. The zero-order valence-corrected chi connectivity index (χ0v) is 16.2. The van der Waals surface area contributed by atoms with E-state index in [2.05, 4.69) is 44.7 Å². The van der Waals surface area contributed by atoms with Gasteiger partial charge in [0.15, 0.2) is 5.65 Å². The predicted octanol–water partition coefficient (Wildman–Crippen LogP) is 6.83. The van der Waals surface area contributed by atoms with Gasteiger partial charge in [0.25, 0.3) is 0 Å². The molecule has 31 heavy (non-hydrogen) atoms. The summed E-state index contributed by atoms with van der Waals surface area (Å²) in [6.07, 6.45) is 5.62. The molecule has 0 bridgehead atoms. The Morgan fingerprint density at radius 2 is 1.45 bits per heavy atom. The van der Waals surface area contributed by atoms with Crippen LogP contribution in [0.15, 0.2) is 88.1 Å². The van der Waals surface area contributed by atoms with E-state index >= 15 is 0 Å². The molecule has 8 aromatic rings. The van der Waals surface area contributed by atoms with Crippen molar-refractivity contribution in [1.29, 1.82) is 0 Å². The highest BCUT2D eigenvalue weighted by Crippen LogP contribution is 2.40. The molecule has 8 rings (SSSR count). The molecule has 0 saturated heterocycles. The van der Waals surface area contributed by atoms with Crippen LogP contribution in [-0.2, 0) is 0 Å². The van der Waals surface area contributed by atoms with Crippen LogP contribution in [0.25, 0.3) is 71.3 Å². The molecular weight excluding hydrogens is 386 g/mol. The summed E-state index contributed by atoms with van der Waals surface area (Å²) < 4.78 is 14.6. The van der Waals surface area contributed by atoms with E-state index in [0.717, 1.165) is 71.3 Å². The molecule has 0 atom stereocenters. The van der Waals surface area contributed by atoms with E-state index in [-0.39, 0.29) is 0 Å². The Morgan fingerprint density at radius 1 is 0.613 bits per heavy atom. The van der Waals surface area contributed by atoms with Crippen LogP contribution in [0.3, 0.4) is 0 Å². The van der Waals surface area contributed by atoms with Gasteiger partial charge in [-0.2, -0.15) is 0 Å². The van der Waals surface area contributed by atoms with Crippen molar-refractivity contribution in [1.82, 2.24) is 14.4 Å². The van der Waals surface area contributed by atoms with Crippen LogP contribution in [0.5, 0.6) is 0 Å². The molecule has 0 aliphatic rings. The van der Waals surface area contributed by atoms with E-state index in [1.165, 1.54) is 0 Å². The summed E-state index contributed by atoms with van der Waals surface area (Å²) in [6.45, 7) is 0. The Kier molecular flexibility index (Phi) is 2.60. The molecule has 0 aliphatic heterocycles. The molecular formula is C26H13N3O2. The third kappa shape index (κ3) is 1.82. The van der Waals surface area contributed by atoms with E-state index in [1.807, 2.05) is 48.9 Å². The molecule has 0 aliphatic carbocycles.